The largest absolute Gasteiger partial charge is 0.396 e. The zero-order chi connectivity index (χ0) is 7.94. The molecule has 3 heteroatoms. The molecule has 66 valence electrons. The summed E-state index contributed by atoms with van der Waals surface area (Å²) in [6.07, 6.45) is 4.06. The summed E-state index contributed by atoms with van der Waals surface area (Å²) < 4.78 is 10.7. The van der Waals surface area contributed by atoms with Gasteiger partial charge in [-0.25, -0.2) is 0 Å². The molecule has 1 heterocycles. The summed E-state index contributed by atoms with van der Waals surface area (Å²) in [5.41, 5.74) is 0. The van der Waals surface area contributed by atoms with Crippen LogP contribution >= 0.6 is 0 Å². The van der Waals surface area contributed by atoms with Crippen LogP contribution in [0.15, 0.2) is 0 Å². The molecule has 0 saturated carbocycles. The number of aliphatic hydroxyl groups excluding tert-OH is 1. The molecule has 1 aliphatic heterocycles. The summed E-state index contributed by atoms with van der Waals surface area (Å²) in [6.45, 7) is 1.64. The van der Waals surface area contributed by atoms with E-state index in [9.17, 15) is 0 Å². The fraction of sp³-hybridized carbons (Fsp3) is 1.00. The lowest BCUT2D eigenvalue weighted by Crippen LogP contribution is -2.22. The van der Waals surface area contributed by atoms with E-state index in [1.165, 1.54) is 6.42 Å². The lowest BCUT2D eigenvalue weighted by molar-refractivity contribution is -0.163. The lowest BCUT2D eigenvalue weighted by atomic mass is 10.2. The Morgan fingerprint density at radius 2 is 2.36 bits per heavy atom. The predicted octanol–water partition coefficient (Wildman–Crippen LogP) is 0.912. The van der Waals surface area contributed by atoms with Gasteiger partial charge in [0, 0.05) is 13.2 Å². The van der Waals surface area contributed by atoms with E-state index in [2.05, 4.69) is 0 Å². The van der Waals surface area contributed by atoms with E-state index in [1.54, 1.807) is 0 Å². The van der Waals surface area contributed by atoms with Crippen molar-refractivity contribution in [2.75, 3.05) is 19.8 Å². The minimum Gasteiger partial charge on any atom is -0.396 e. The molecular weight excluding hydrogens is 144 g/mol. The Kier molecular flexibility index (Phi) is 4.50. The van der Waals surface area contributed by atoms with Gasteiger partial charge in [-0.1, -0.05) is 0 Å². The second-order valence-electron chi connectivity index (χ2n) is 2.74. The topological polar surface area (TPSA) is 38.7 Å². The molecule has 1 fully saturated rings. The molecule has 0 radical (unpaired) electrons. The molecular formula is C8H16O3. The van der Waals surface area contributed by atoms with E-state index in [1.807, 2.05) is 0 Å². The van der Waals surface area contributed by atoms with Gasteiger partial charge >= 0.3 is 0 Å². The highest BCUT2D eigenvalue weighted by atomic mass is 16.7. The van der Waals surface area contributed by atoms with Crippen molar-refractivity contribution < 1.29 is 14.6 Å². The Hall–Kier alpha value is -0.120. The van der Waals surface area contributed by atoms with E-state index < -0.39 is 0 Å². The van der Waals surface area contributed by atoms with Crippen LogP contribution in [0.5, 0.6) is 0 Å². The molecule has 0 aliphatic carbocycles. The molecule has 0 unspecified atom stereocenters. The maximum atomic E-state index is 8.47. The van der Waals surface area contributed by atoms with Crippen LogP contribution in [0.4, 0.5) is 0 Å². The standard InChI is InChI=1S/C8H16O3/c9-5-3-7-11-8-4-1-2-6-10-8/h8-9H,1-7H2/t8-/m0/s1. The van der Waals surface area contributed by atoms with Crippen molar-refractivity contribution >= 4 is 0 Å². The smallest absolute Gasteiger partial charge is 0.157 e. The third kappa shape index (κ3) is 3.70. The third-order valence-corrected chi connectivity index (χ3v) is 1.74. The van der Waals surface area contributed by atoms with Gasteiger partial charge in [-0.15, -0.1) is 0 Å². The molecule has 0 aromatic rings. The average molecular weight is 160 g/mol. The zero-order valence-corrected chi connectivity index (χ0v) is 6.79. The quantitative estimate of drug-likeness (QED) is 0.621. The Labute approximate surface area is 67.3 Å². The van der Waals surface area contributed by atoms with E-state index in [-0.39, 0.29) is 12.9 Å². The molecule has 1 N–H and O–H groups in total. The third-order valence-electron chi connectivity index (χ3n) is 1.74. The van der Waals surface area contributed by atoms with Crippen LogP contribution in [-0.2, 0) is 9.47 Å². The van der Waals surface area contributed by atoms with Crippen LogP contribution in [0.3, 0.4) is 0 Å². The highest BCUT2D eigenvalue weighted by molar-refractivity contribution is 4.53. The van der Waals surface area contributed by atoms with Gasteiger partial charge in [0.15, 0.2) is 6.29 Å². The molecule has 0 amide bonds. The van der Waals surface area contributed by atoms with Crippen LogP contribution in [-0.4, -0.2) is 31.2 Å². The van der Waals surface area contributed by atoms with Crippen LogP contribution in [0.25, 0.3) is 0 Å². The first-order valence-electron chi connectivity index (χ1n) is 4.27. The van der Waals surface area contributed by atoms with Gasteiger partial charge in [0.2, 0.25) is 0 Å². The molecule has 1 aliphatic rings. The van der Waals surface area contributed by atoms with Crippen LogP contribution < -0.4 is 0 Å². The SMILES string of the molecule is OCCCO[C@H]1CCCCO1. The molecule has 0 aromatic heterocycles. The van der Waals surface area contributed by atoms with E-state index in [0.29, 0.717) is 13.0 Å². The van der Waals surface area contributed by atoms with Crippen LogP contribution in [0, 0.1) is 0 Å². The lowest BCUT2D eigenvalue weighted by Gasteiger charge is -2.22. The van der Waals surface area contributed by atoms with Gasteiger partial charge in [-0.3, -0.25) is 0 Å². The molecule has 0 spiro atoms. The van der Waals surface area contributed by atoms with Gasteiger partial charge in [-0.2, -0.15) is 0 Å². The summed E-state index contributed by atoms with van der Waals surface area (Å²) in [5, 5.41) is 8.47. The molecule has 0 bridgehead atoms. The Morgan fingerprint density at radius 3 is 3.00 bits per heavy atom. The number of aliphatic hydroxyl groups is 1. The number of ether oxygens (including phenoxy) is 2. The second-order valence-corrected chi connectivity index (χ2v) is 2.74. The summed E-state index contributed by atoms with van der Waals surface area (Å²) >= 11 is 0. The number of rotatable bonds is 4. The second kappa shape index (κ2) is 5.52. The highest BCUT2D eigenvalue weighted by Gasteiger charge is 2.12. The first kappa shape index (κ1) is 8.97. The van der Waals surface area contributed by atoms with Crippen molar-refractivity contribution in [3.05, 3.63) is 0 Å². The average Bonchev–Trinajstić information content (AvgIpc) is 2.07. The van der Waals surface area contributed by atoms with Gasteiger partial charge in [0.25, 0.3) is 0 Å². The van der Waals surface area contributed by atoms with E-state index in [4.69, 9.17) is 14.6 Å². The van der Waals surface area contributed by atoms with Gasteiger partial charge in [0.1, 0.15) is 0 Å². The predicted molar refractivity (Wildman–Crippen MR) is 41.2 cm³/mol. The van der Waals surface area contributed by atoms with Gasteiger partial charge < -0.3 is 14.6 Å². The minimum atomic E-state index is -0.00435. The first-order chi connectivity index (χ1) is 5.43. The number of hydrogen-bond donors (Lipinski definition) is 1. The summed E-state index contributed by atoms with van der Waals surface area (Å²) in [6, 6.07) is 0. The fourth-order valence-corrected chi connectivity index (χ4v) is 1.12. The fourth-order valence-electron chi connectivity index (χ4n) is 1.12. The monoisotopic (exact) mass is 160 g/mol. The maximum Gasteiger partial charge on any atom is 0.157 e. The summed E-state index contributed by atoms with van der Waals surface area (Å²) in [7, 11) is 0. The minimum absolute atomic E-state index is 0.00435. The van der Waals surface area contributed by atoms with Gasteiger partial charge in [-0.05, 0) is 25.7 Å². The van der Waals surface area contributed by atoms with Crippen LogP contribution in [0.1, 0.15) is 25.7 Å². The van der Waals surface area contributed by atoms with Gasteiger partial charge in [0.05, 0.1) is 6.61 Å². The molecule has 1 rings (SSSR count). The van der Waals surface area contributed by atoms with E-state index in [0.717, 1.165) is 19.4 Å². The summed E-state index contributed by atoms with van der Waals surface area (Å²) in [5.74, 6) is 0. The summed E-state index contributed by atoms with van der Waals surface area (Å²) in [4.78, 5) is 0. The molecule has 1 atom stereocenters. The normalized spacial score (nSPS) is 25.4. The van der Waals surface area contributed by atoms with Crippen molar-refractivity contribution in [1.29, 1.82) is 0 Å². The molecule has 3 nitrogen and oxygen atoms in total. The molecule has 0 aromatic carbocycles. The Morgan fingerprint density at radius 1 is 1.45 bits per heavy atom. The van der Waals surface area contributed by atoms with Crippen molar-refractivity contribution in [2.45, 2.75) is 32.0 Å². The first-order valence-corrected chi connectivity index (χ1v) is 4.27. The van der Waals surface area contributed by atoms with E-state index >= 15 is 0 Å². The number of hydrogen-bond acceptors (Lipinski definition) is 3. The van der Waals surface area contributed by atoms with Crippen molar-refractivity contribution in [1.82, 2.24) is 0 Å². The zero-order valence-electron chi connectivity index (χ0n) is 6.79. The van der Waals surface area contributed by atoms with Crippen molar-refractivity contribution in [2.24, 2.45) is 0 Å². The Balaban J connectivity index is 1.96. The molecule has 1 saturated heterocycles. The maximum absolute atomic E-state index is 8.47. The van der Waals surface area contributed by atoms with Crippen LogP contribution in [0.2, 0.25) is 0 Å². The highest BCUT2D eigenvalue weighted by Crippen LogP contribution is 2.13. The molecule has 11 heavy (non-hydrogen) atoms. The van der Waals surface area contributed by atoms with Crippen molar-refractivity contribution in [3.8, 4) is 0 Å². The van der Waals surface area contributed by atoms with Crippen molar-refractivity contribution in [3.63, 3.8) is 0 Å². The Bertz CT molecular complexity index is 89.3.